The highest BCUT2D eigenvalue weighted by molar-refractivity contribution is 6.28. The molecule has 2 aromatic carbocycles. The first-order valence-electron chi connectivity index (χ1n) is 6.66. The lowest BCUT2D eigenvalue weighted by Crippen LogP contribution is -2.29. The average Bonchev–Trinajstić information content (AvgIpc) is 2.88. The van der Waals surface area contributed by atoms with Crippen molar-refractivity contribution in [2.24, 2.45) is 0 Å². The van der Waals surface area contributed by atoms with Crippen LogP contribution in [0.4, 0.5) is 10.1 Å². The predicted octanol–water partition coefficient (Wildman–Crippen LogP) is 3.38. The highest BCUT2D eigenvalue weighted by atomic mass is 19.1. The first-order valence-corrected chi connectivity index (χ1v) is 6.66. The minimum absolute atomic E-state index is 0.361. The minimum Gasteiger partial charge on any atom is -0.457 e. The Morgan fingerprint density at radius 1 is 0.818 bits per heavy atom. The molecule has 0 unspecified atom stereocenters. The van der Waals surface area contributed by atoms with Crippen LogP contribution in [0.3, 0.4) is 0 Å². The number of hydrogen-bond acceptors (Lipinski definition) is 3. The lowest BCUT2D eigenvalue weighted by Gasteiger charge is -2.14. The highest BCUT2D eigenvalue weighted by Gasteiger charge is 2.24. The summed E-state index contributed by atoms with van der Waals surface area (Å²) in [6.45, 7) is -0.513. The van der Waals surface area contributed by atoms with Gasteiger partial charge in [0.1, 0.15) is 18.2 Å². The molecular weight excluding hydrogens is 285 g/mol. The molecule has 2 aromatic rings. The van der Waals surface area contributed by atoms with E-state index in [9.17, 15) is 14.0 Å². The summed E-state index contributed by atoms with van der Waals surface area (Å²) >= 11 is 0. The number of imide groups is 1. The molecule has 4 nitrogen and oxygen atoms in total. The fraction of sp³-hybridized carbons (Fsp3) is 0.0588. The molecule has 5 heteroatoms. The largest absolute Gasteiger partial charge is 0.457 e. The summed E-state index contributed by atoms with van der Waals surface area (Å²) in [7, 11) is 0. The van der Waals surface area contributed by atoms with E-state index in [4.69, 9.17) is 4.74 Å². The number of amides is 2. The topological polar surface area (TPSA) is 46.6 Å². The van der Waals surface area contributed by atoms with Crippen LogP contribution in [0.25, 0.3) is 0 Å². The number of ether oxygens (including phenoxy) is 1. The maximum Gasteiger partial charge on any atom is 0.258 e. The van der Waals surface area contributed by atoms with Crippen LogP contribution in [0.1, 0.15) is 5.56 Å². The van der Waals surface area contributed by atoms with Crippen molar-refractivity contribution in [1.82, 2.24) is 0 Å². The SMILES string of the molecule is O=C1C=CC(=O)N1c1ccc(Oc2ccc(CF)cc2)cc1. The van der Waals surface area contributed by atoms with Crippen LogP contribution < -0.4 is 9.64 Å². The Morgan fingerprint density at radius 3 is 1.82 bits per heavy atom. The van der Waals surface area contributed by atoms with Gasteiger partial charge in [-0.05, 0) is 42.0 Å². The van der Waals surface area contributed by atoms with E-state index in [1.807, 2.05) is 0 Å². The Labute approximate surface area is 126 Å². The second kappa shape index (κ2) is 5.81. The summed E-state index contributed by atoms with van der Waals surface area (Å²) < 4.78 is 18.1. The van der Waals surface area contributed by atoms with E-state index in [1.165, 1.54) is 12.2 Å². The van der Waals surface area contributed by atoms with Crippen molar-refractivity contribution in [3.63, 3.8) is 0 Å². The number of alkyl halides is 1. The maximum atomic E-state index is 12.4. The molecule has 0 bridgehead atoms. The third-order valence-corrected chi connectivity index (χ3v) is 3.22. The lowest BCUT2D eigenvalue weighted by molar-refractivity contribution is -0.119. The van der Waals surface area contributed by atoms with E-state index >= 15 is 0 Å². The summed E-state index contributed by atoms with van der Waals surface area (Å²) in [5.41, 5.74) is 1.07. The van der Waals surface area contributed by atoms with Gasteiger partial charge in [0.15, 0.2) is 0 Å². The second-order valence-corrected chi connectivity index (χ2v) is 4.72. The number of anilines is 1. The molecule has 22 heavy (non-hydrogen) atoms. The van der Waals surface area contributed by atoms with Gasteiger partial charge < -0.3 is 4.74 Å². The van der Waals surface area contributed by atoms with Crippen LogP contribution in [-0.4, -0.2) is 11.8 Å². The second-order valence-electron chi connectivity index (χ2n) is 4.72. The Morgan fingerprint density at radius 2 is 1.32 bits per heavy atom. The Bertz CT molecular complexity index is 718. The number of benzene rings is 2. The van der Waals surface area contributed by atoms with Crippen molar-refractivity contribution in [3.8, 4) is 11.5 Å². The molecule has 0 N–H and O–H groups in total. The van der Waals surface area contributed by atoms with E-state index < -0.39 is 6.67 Å². The number of carbonyl (C=O) groups excluding carboxylic acids is 2. The molecule has 0 radical (unpaired) electrons. The van der Waals surface area contributed by atoms with Gasteiger partial charge >= 0.3 is 0 Å². The van der Waals surface area contributed by atoms with Crippen molar-refractivity contribution >= 4 is 17.5 Å². The summed E-state index contributed by atoms with van der Waals surface area (Å²) in [6, 6.07) is 13.3. The van der Waals surface area contributed by atoms with E-state index in [-0.39, 0.29) is 11.8 Å². The first kappa shape index (κ1) is 14.0. The summed E-state index contributed by atoms with van der Waals surface area (Å²) in [4.78, 5) is 24.2. The van der Waals surface area contributed by atoms with E-state index in [0.717, 1.165) is 4.90 Å². The van der Waals surface area contributed by atoms with Gasteiger partial charge in [-0.1, -0.05) is 12.1 Å². The van der Waals surface area contributed by atoms with Crippen LogP contribution in [0, 0.1) is 0 Å². The minimum atomic E-state index is -0.513. The van der Waals surface area contributed by atoms with Crippen molar-refractivity contribution in [2.75, 3.05) is 4.90 Å². The molecule has 1 aliphatic heterocycles. The van der Waals surface area contributed by atoms with Crippen molar-refractivity contribution < 1.29 is 18.7 Å². The van der Waals surface area contributed by atoms with Gasteiger partial charge in [0.05, 0.1) is 5.69 Å². The van der Waals surface area contributed by atoms with Gasteiger partial charge in [0, 0.05) is 12.2 Å². The molecule has 110 valence electrons. The third kappa shape index (κ3) is 2.74. The Hall–Kier alpha value is -2.95. The highest BCUT2D eigenvalue weighted by Crippen LogP contribution is 2.26. The smallest absolute Gasteiger partial charge is 0.258 e. The van der Waals surface area contributed by atoms with E-state index in [0.29, 0.717) is 22.7 Å². The first-order chi connectivity index (χ1) is 10.7. The molecule has 2 amide bonds. The zero-order valence-corrected chi connectivity index (χ0v) is 11.5. The van der Waals surface area contributed by atoms with Crippen molar-refractivity contribution in [1.29, 1.82) is 0 Å². The molecule has 0 aromatic heterocycles. The van der Waals surface area contributed by atoms with Gasteiger partial charge in [0.2, 0.25) is 0 Å². The molecule has 1 heterocycles. The van der Waals surface area contributed by atoms with Gasteiger partial charge in [-0.25, -0.2) is 9.29 Å². The Kier molecular flexibility index (Phi) is 3.70. The molecule has 0 saturated carbocycles. The maximum absolute atomic E-state index is 12.4. The van der Waals surface area contributed by atoms with Crippen molar-refractivity contribution in [3.05, 3.63) is 66.2 Å². The fourth-order valence-corrected chi connectivity index (χ4v) is 2.10. The molecule has 3 rings (SSSR count). The summed E-state index contributed by atoms with van der Waals surface area (Å²) in [6.07, 6.45) is 2.47. The number of carbonyl (C=O) groups is 2. The quantitative estimate of drug-likeness (QED) is 0.813. The number of rotatable bonds is 4. The van der Waals surface area contributed by atoms with Crippen molar-refractivity contribution in [2.45, 2.75) is 6.67 Å². The zero-order chi connectivity index (χ0) is 15.5. The standard InChI is InChI=1S/C17H12FNO3/c18-11-12-1-5-14(6-2-12)22-15-7-3-13(4-8-15)19-16(20)9-10-17(19)21/h1-10H,11H2. The molecule has 0 saturated heterocycles. The summed E-state index contributed by atoms with van der Waals surface area (Å²) in [5, 5.41) is 0. The van der Waals surface area contributed by atoms with Gasteiger partial charge in [-0.15, -0.1) is 0 Å². The average molecular weight is 297 g/mol. The van der Waals surface area contributed by atoms with Crippen LogP contribution >= 0.6 is 0 Å². The fourth-order valence-electron chi connectivity index (χ4n) is 2.10. The monoisotopic (exact) mass is 297 g/mol. The predicted molar refractivity (Wildman–Crippen MR) is 79.4 cm³/mol. The van der Waals surface area contributed by atoms with Gasteiger partial charge in [0.25, 0.3) is 11.8 Å². The number of nitrogens with zero attached hydrogens (tertiary/aromatic N) is 1. The lowest BCUT2D eigenvalue weighted by atomic mass is 10.2. The molecule has 0 spiro atoms. The molecule has 0 atom stereocenters. The van der Waals surface area contributed by atoms with Crippen LogP contribution in [0.15, 0.2) is 60.7 Å². The van der Waals surface area contributed by atoms with Crippen LogP contribution in [0.5, 0.6) is 11.5 Å². The van der Waals surface area contributed by atoms with Crippen LogP contribution in [-0.2, 0) is 16.3 Å². The van der Waals surface area contributed by atoms with Crippen LogP contribution in [0.2, 0.25) is 0 Å². The zero-order valence-electron chi connectivity index (χ0n) is 11.5. The molecular formula is C17H12FNO3. The van der Waals surface area contributed by atoms with Gasteiger partial charge in [-0.2, -0.15) is 0 Å². The normalized spacial score (nSPS) is 13.8. The number of halogens is 1. The molecule has 0 fully saturated rings. The summed E-state index contributed by atoms with van der Waals surface area (Å²) in [5.74, 6) is 0.421. The van der Waals surface area contributed by atoms with E-state index in [2.05, 4.69) is 0 Å². The molecule has 1 aliphatic rings. The van der Waals surface area contributed by atoms with Gasteiger partial charge in [-0.3, -0.25) is 9.59 Å². The van der Waals surface area contributed by atoms with E-state index in [1.54, 1.807) is 48.5 Å². The Balaban J connectivity index is 1.74. The number of hydrogen-bond donors (Lipinski definition) is 0. The molecule has 0 aliphatic carbocycles. The third-order valence-electron chi connectivity index (χ3n) is 3.22.